The number of hydrogen-bond donors (Lipinski definition) is 2. The minimum absolute atomic E-state index is 0.212. The average Bonchev–Trinajstić information content (AvgIpc) is 2.79. The van der Waals surface area contributed by atoms with Crippen LogP contribution in [0.1, 0.15) is 65.2 Å². The first-order chi connectivity index (χ1) is 8.71. The second-order valence-corrected chi connectivity index (χ2v) is 6.45. The Hall–Kier alpha value is -0.120. The molecule has 1 aliphatic heterocycles. The van der Waals surface area contributed by atoms with Crippen LogP contribution < -0.4 is 11.3 Å². The molecule has 3 unspecified atom stereocenters. The van der Waals surface area contributed by atoms with Crippen LogP contribution in [0.3, 0.4) is 0 Å². The smallest absolute Gasteiger partial charge is 0.0685 e. The molecule has 0 radical (unpaired) electrons. The van der Waals surface area contributed by atoms with Crippen LogP contribution >= 0.6 is 0 Å². The molecule has 1 heterocycles. The van der Waals surface area contributed by atoms with Crippen LogP contribution in [0.4, 0.5) is 0 Å². The fourth-order valence-electron chi connectivity index (χ4n) is 4.14. The van der Waals surface area contributed by atoms with E-state index in [-0.39, 0.29) is 5.60 Å². The maximum Gasteiger partial charge on any atom is 0.0685 e. The molecule has 2 fully saturated rings. The molecule has 3 atom stereocenters. The molecule has 1 spiro atoms. The predicted molar refractivity (Wildman–Crippen MR) is 75.1 cm³/mol. The van der Waals surface area contributed by atoms with Gasteiger partial charge >= 0.3 is 0 Å². The van der Waals surface area contributed by atoms with Gasteiger partial charge in [-0.1, -0.05) is 33.1 Å². The first-order valence-electron chi connectivity index (χ1n) is 7.81. The lowest BCUT2D eigenvalue weighted by Crippen LogP contribution is -2.50. The molecule has 3 nitrogen and oxygen atoms in total. The molecule has 1 aliphatic carbocycles. The highest BCUT2D eigenvalue weighted by atomic mass is 16.5. The third-order valence-corrected chi connectivity index (χ3v) is 5.10. The van der Waals surface area contributed by atoms with E-state index in [1.165, 1.54) is 51.4 Å². The van der Waals surface area contributed by atoms with E-state index in [9.17, 15) is 0 Å². The molecule has 18 heavy (non-hydrogen) atoms. The van der Waals surface area contributed by atoms with Crippen molar-refractivity contribution >= 4 is 0 Å². The minimum Gasteiger partial charge on any atom is -0.375 e. The van der Waals surface area contributed by atoms with Crippen molar-refractivity contribution in [3.8, 4) is 0 Å². The van der Waals surface area contributed by atoms with Crippen molar-refractivity contribution in [1.82, 2.24) is 5.43 Å². The quantitative estimate of drug-likeness (QED) is 0.585. The molecule has 1 saturated carbocycles. The zero-order valence-electron chi connectivity index (χ0n) is 12.1. The summed E-state index contributed by atoms with van der Waals surface area (Å²) in [5.74, 6) is 7.20. The van der Waals surface area contributed by atoms with Crippen molar-refractivity contribution in [3.63, 3.8) is 0 Å². The highest BCUT2D eigenvalue weighted by Gasteiger charge is 2.42. The Balaban J connectivity index is 1.97. The van der Waals surface area contributed by atoms with Crippen LogP contribution in [0.25, 0.3) is 0 Å². The Bertz CT molecular complexity index is 251. The molecular formula is C15H30N2O. The van der Waals surface area contributed by atoms with Crippen molar-refractivity contribution < 1.29 is 4.74 Å². The van der Waals surface area contributed by atoms with Gasteiger partial charge in [-0.25, -0.2) is 0 Å². The molecule has 0 aromatic heterocycles. The van der Waals surface area contributed by atoms with E-state index in [0.717, 1.165) is 6.61 Å². The van der Waals surface area contributed by atoms with Crippen molar-refractivity contribution in [3.05, 3.63) is 0 Å². The standard InChI is InChI=1S/C15H30N2O/c1-3-6-12(2)14(17-16)13-7-10-18-15(11-13)8-4-5-9-15/h12-14,17H,3-11,16H2,1-2H3. The summed E-state index contributed by atoms with van der Waals surface area (Å²) in [7, 11) is 0. The SMILES string of the molecule is CCCC(C)C(NN)C1CCOC2(CCCC2)C1. The Kier molecular flexibility index (Phi) is 5.05. The van der Waals surface area contributed by atoms with Gasteiger partial charge in [0.1, 0.15) is 0 Å². The summed E-state index contributed by atoms with van der Waals surface area (Å²) in [6.07, 6.45) is 10.1. The van der Waals surface area contributed by atoms with Gasteiger partial charge in [0.05, 0.1) is 5.60 Å². The number of hydrazine groups is 1. The zero-order valence-corrected chi connectivity index (χ0v) is 12.1. The normalized spacial score (nSPS) is 30.5. The number of ether oxygens (including phenoxy) is 1. The van der Waals surface area contributed by atoms with Gasteiger partial charge in [-0.3, -0.25) is 11.3 Å². The van der Waals surface area contributed by atoms with Crippen LogP contribution in [0.15, 0.2) is 0 Å². The number of hydrogen-bond acceptors (Lipinski definition) is 3. The fourth-order valence-corrected chi connectivity index (χ4v) is 4.14. The van der Waals surface area contributed by atoms with Gasteiger partial charge < -0.3 is 4.74 Å². The lowest BCUT2D eigenvalue weighted by molar-refractivity contribution is -0.101. The molecule has 2 aliphatic rings. The van der Waals surface area contributed by atoms with Gasteiger partial charge in [-0.15, -0.1) is 0 Å². The van der Waals surface area contributed by atoms with Crippen LogP contribution in [-0.2, 0) is 4.74 Å². The van der Waals surface area contributed by atoms with Gasteiger partial charge in [0.25, 0.3) is 0 Å². The predicted octanol–water partition coefficient (Wildman–Crippen LogP) is 2.99. The largest absolute Gasteiger partial charge is 0.375 e. The first-order valence-corrected chi connectivity index (χ1v) is 7.81. The van der Waals surface area contributed by atoms with E-state index in [4.69, 9.17) is 10.6 Å². The van der Waals surface area contributed by atoms with E-state index in [1.54, 1.807) is 0 Å². The molecule has 0 bridgehead atoms. The van der Waals surface area contributed by atoms with E-state index >= 15 is 0 Å². The van der Waals surface area contributed by atoms with Crippen LogP contribution in [0.5, 0.6) is 0 Å². The van der Waals surface area contributed by atoms with Crippen LogP contribution in [0, 0.1) is 11.8 Å². The lowest BCUT2D eigenvalue weighted by atomic mass is 9.76. The Morgan fingerprint density at radius 2 is 2.11 bits per heavy atom. The van der Waals surface area contributed by atoms with Gasteiger partial charge in [0.15, 0.2) is 0 Å². The topological polar surface area (TPSA) is 47.3 Å². The van der Waals surface area contributed by atoms with Gasteiger partial charge in [-0.2, -0.15) is 0 Å². The molecular weight excluding hydrogens is 224 g/mol. The van der Waals surface area contributed by atoms with Crippen molar-refractivity contribution in [2.24, 2.45) is 17.7 Å². The Morgan fingerprint density at radius 1 is 1.39 bits per heavy atom. The van der Waals surface area contributed by atoms with Crippen molar-refractivity contribution in [2.75, 3.05) is 6.61 Å². The van der Waals surface area contributed by atoms with Gasteiger partial charge in [-0.05, 0) is 43.9 Å². The highest BCUT2D eigenvalue weighted by Crippen LogP contribution is 2.43. The summed E-state index contributed by atoms with van der Waals surface area (Å²) in [6, 6.07) is 0.464. The molecule has 3 heteroatoms. The van der Waals surface area contributed by atoms with Crippen molar-refractivity contribution in [2.45, 2.75) is 76.9 Å². The second kappa shape index (κ2) is 6.36. The summed E-state index contributed by atoms with van der Waals surface area (Å²) >= 11 is 0. The maximum absolute atomic E-state index is 6.12. The summed E-state index contributed by atoms with van der Waals surface area (Å²) in [4.78, 5) is 0. The zero-order chi connectivity index (χ0) is 13.0. The summed E-state index contributed by atoms with van der Waals surface area (Å²) in [5.41, 5.74) is 3.32. The van der Waals surface area contributed by atoms with Crippen LogP contribution in [-0.4, -0.2) is 18.2 Å². The molecule has 0 amide bonds. The Morgan fingerprint density at radius 3 is 2.72 bits per heavy atom. The summed E-state index contributed by atoms with van der Waals surface area (Å²) in [5, 5.41) is 0. The average molecular weight is 254 g/mol. The van der Waals surface area contributed by atoms with Crippen LogP contribution in [0.2, 0.25) is 0 Å². The van der Waals surface area contributed by atoms with E-state index in [2.05, 4.69) is 19.3 Å². The number of rotatable bonds is 5. The van der Waals surface area contributed by atoms with Gasteiger partial charge in [0.2, 0.25) is 0 Å². The minimum atomic E-state index is 0.212. The van der Waals surface area contributed by atoms with Gasteiger partial charge in [0, 0.05) is 12.6 Å². The second-order valence-electron chi connectivity index (χ2n) is 6.45. The van der Waals surface area contributed by atoms with E-state index in [1.807, 2.05) is 0 Å². The maximum atomic E-state index is 6.12. The fraction of sp³-hybridized carbons (Fsp3) is 1.00. The monoisotopic (exact) mass is 254 g/mol. The van der Waals surface area contributed by atoms with E-state index in [0.29, 0.717) is 17.9 Å². The number of nitrogens with two attached hydrogens (primary N) is 1. The molecule has 3 N–H and O–H groups in total. The number of nitrogens with one attached hydrogen (secondary N) is 1. The molecule has 1 saturated heterocycles. The highest BCUT2D eigenvalue weighted by molar-refractivity contribution is 4.94. The van der Waals surface area contributed by atoms with Crippen molar-refractivity contribution in [1.29, 1.82) is 0 Å². The Labute approximate surface area is 112 Å². The molecule has 106 valence electrons. The molecule has 2 rings (SSSR count). The third-order valence-electron chi connectivity index (χ3n) is 5.10. The molecule has 0 aromatic rings. The third kappa shape index (κ3) is 3.06. The lowest BCUT2D eigenvalue weighted by Gasteiger charge is -2.42. The summed E-state index contributed by atoms with van der Waals surface area (Å²) < 4.78 is 6.12. The first kappa shape index (κ1) is 14.3. The van der Waals surface area contributed by atoms with E-state index < -0.39 is 0 Å². The summed E-state index contributed by atoms with van der Waals surface area (Å²) in [6.45, 7) is 5.53. The molecule has 0 aromatic carbocycles.